The van der Waals surface area contributed by atoms with E-state index >= 15 is 0 Å². The van der Waals surface area contributed by atoms with Crippen LogP contribution in [0.1, 0.15) is 15.9 Å². The van der Waals surface area contributed by atoms with Crippen molar-refractivity contribution in [3.63, 3.8) is 0 Å². The third-order valence-electron chi connectivity index (χ3n) is 1.37. The Morgan fingerprint density at radius 3 is 2.69 bits per heavy atom. The zero-order chi connectivity index (χ0) is 10.0. The Bertz CT molecular complexity index is 413. The number of nitrogens with zero attached hydrogens (tertiary/aromatic N) is 1. The minimum Gasteiger partial charge on any atom is -0.276 e. The highest BCUT2D eigenvalue weighted by atomic mass is 127. The van der Waals surface area contributed by atoms with E-state index in [4.69, 9.17) is 16.9 Å². The molecule has 0 fully saturated rings. The van der Waals surface area contributed by atoms with Gasteiger partial charge in [0.15, 0.2) is 0 Å². The lowest BCUT2D eigenvalue weighted by Crippen LogP contribution is -1.97. The number of benzene rings is 1. The molecule has 0 aliphatic heterocycles. The summed E-state index contributed by atoms with van der Waals surface area (Å²) in [5.74, 6) is -0.638. The summed E-state index contributed by atoms with van der Waals surface area (Å²) in [7, 11) is 0. The second kappa shape index (κ2) is 4.03. The minimum absolute atomic E-state index is 0.0267. The lowest BCUT2D eigenvalue weighted by atomic mass is 10.1. The Kier molecular flexibility index (Phi) is 3.22. The monoisotopic (exact) mass is 309 g/mol. The van der Waals surface area contributed by atoms with Crippen LogP contribution in [0.2, 0.25) is 0 Å². The SMILES string of the molecule is N#Cc1cc(F)cc(C(=O)Cl)c1I. The van der Waals surface area contributed by atoms with Crippen molar-refractivity contribution < 1.29 is 9.18 Å². The summed E-state index contributed by atoms with van der Waals surface area (Å²) in [6.45, 7) is 0. The van der Waals surface area contributed by atoms with Gasteiger partial charge >= 0.3 is 0 Å². The van der Waals surface area contributed by atoms with E-state index in [-0.39, 0.29) is 11.1 Å². The summed E-state index contributed by atoms with van der Waals surface area (Å²) < 4.78 is 13.2. The molecule has 66 valence electrons. The second-order valence-electron chi connectivity index (χ2n) is 2.20. The largest absolute Gasteiger partial charge is 0.276 e. The molecule has 0 heterocycles. The van der Waals surface area contributed by atoms with Gasteiger partial charge in [-0.1, -0.05) is 0 Å². The van der Waals surface area contributed by atoms with Crippen LogP contribution in [0, 0.1) is 20.7 Å². The highest BCUT2D eigenvalue weighted by Crippen LogP contribution is 2.20. The van der Waals surface area contributed by atoms with Crippen LogP contribution in [0.3, 0.4) is 0 Å². The van der Waals surface area contributed by atoms with Crippen molar-refractivity contribution in [1.29, 1.82) is 5.26 Å². The summed E-state index contributed by atoms with van der Waals surface area (Å²) in [4.78, 5) is 10.8. The van der Waals surface area contributed by atoms with Gasteiger partial charge in [0.25, 0.3) is 5.24 Å². The van der Waals surface area contributed by atoms with Crippen molar-refractivity contribution in [1.82, 2.24) is 0 Å². The number of nitriles is 1. The first-order valence-electron chi connectivity index (χ1n) is 3.15. The van der Waals surface area contributed by atoms with E-state index in [0.717, 1.165) is 12.1 Å². The van der Waals surface area contributed by atoms with Gasteiger partial charge in [-0.15, -0.1) is 0 Å². The van der Waals surface area contributed by atoms with Gasteiger partial charge < -0.3 is 0 Å². The normalized spacial score (nSPS) is 9.38. The van der Waals surface area contributed by atoms with E-state index in [0.29, 0.717) is 3.57 Å². The molecule has 0 saturated heterocycles. The molecule has 0 atom stereocenters. The van der Waals surface area contributed by atoms with Gasteiger partial charge in [-0.25, -0.2) is 4.39 Å². The average molecular weight is 309 g/mol. The number of hydrogen-bond donors (Lipinski definition) is 0. The van der Waals surface area contributed by atoms with E-state index in [1.165, 1.54) is 0 Å². The number of carbonyl (C=O) groups excluding carboxylic acids is 1. The zero-order valence-corrected chi connectivity index (χ0v) is 9.06. The minimum atomic E-state index is -0.764. The molecular formula is C8H2ClFINO. The van der Waals surface area contributed by atoms with Crippen LogP contribution in [0.25, 0.3) is 0 Å². The van der Waals surface area contributed by atoms with E-state index in [1.807, 2.05) is 0 Å². The molecule has 0 radical (unpaired) electrons. The first kappa shape index (κ1) is 10.4. The van der Waals surface area contributed by atoms with Crippen LogP contribution in [0.15, 0.2) is 12.1 Å². The Morgan fingerprint density at radius 1 is 1.62 bits per heavy atom. The lowest BCUT2D eigenvalue weighted by Gasteiger charge is -2.00. The summed E-state index contributed by atoms with van der Waals surface area (Å²) >= 11 is 6.97. The molecule has 13 heavy (non-hydrogen) atoms. The molecule has 0 bridgehead atoms. The van der Waals surface area contributed by atoms with Gasteiger partial charge in [0.05, 0.1) is 11.1 Å². The molecule has 1 aromatic carbocycles. The van der Waals surface area contributed by atoms with Gasteiger partial charge in [0, 0.05) is 3.57 Å². The Labute approximate surface area is 92.4 Å². The van der Waals surface area contributed by atoms with E-state index in [9.17, 15) is 9.18 Å². The fourth-order valence-electron chi connectivity index (χ4n) is 0.814. The Morgan fingerprint density at radius 2 is 2.23 bits per heavy atom. The average Bonchev–Trinajstić information content (AvgIpc) is 2.08. The number of hydrogen-bond acceptors (Lipinski definition) is 2. The highest BCUT2D eigenvalue weighted by molar-refractivity contribution is 14.1. The molecule has 0 aromatic heterocycles. The third kappa shape index (κ3) is 2.17. The van der Waals surface area contributed by atoms with Gasteiger partial charge in [-0.3, -0.25) is 4.79 Å². The predicted octanol–water partition coefficient (Wildman–Crippen LogP) is 2.68. The summed E-state index contributed by atoms with van der Waals surface area (Å²) in [5, 5.41) is 7.81. The molecule has 0 aliphatic rings. The maximum absolute atomic E-state index is 12.8. The maximum Gasteiger partial charge on any atom is 0.253 e. The number of halogens is 3. The fraction of sp³-hybridized carbons (Fsp3) is 0. The van der Waals surface area contributed by atoms with Crippen LogP contribution < -0.4 is 0 Å². The van der Waals surface area contributed by atoms with E-state index < -0.39 is 11.1 Å². The molecule has 0 saturated carbocycles. The van der Waals surface area contributed by atoms with Crippen LogP contribution in [0.5, 0.6) is 0 Å². The Balaban J connectivity index is 3.47. The van der Waals surface area contributed by atoms with E-state index in [1.54, 1.807) is 28.7 Å². The summed E-state index contributed by atoms with van der Waals surface area (Å²) in [6.07, 6.45) is 0. The fourth-order valence-corrected chi connectivity index (χ4v) is 1.80. The van der Waals surface area contributed by atoms with E-state index in [2.05, 4.69) is 0 Å². The highest BCUT2D eigenvalue weighted by Gasteiger charge is 2.12. The first-order valence-corrected chi connectivity index (χ1v) is 4.61. The summed E-state index contributed by atoms with van der Waals surface area (Å²) in [5.41, 5.74) is 0.142. The molecule has 0 amide bonds. The van der Waals surface area contributed by atoms with Crippen molar-refractivity contribution in [2.24, 2.45) is 0 Å². The van der Waals surface area contributed by atoms with Gasteiger partial charge in [-0.05, 0) is 46.3 Å². The van der Waals surface area contributed by atoms with Crippen LogP contribution >= 0.6 is 34.2 Å². The zero-order valence-electron chi connectivity index (χ0n) is 6.14. The van der Waals surface area contributed by atoms with Crippen molar-refractivity contribution in [3.8, 4) is 6.07 Å². The summed E-state index contributed by atoms with van der Waals surface area (Å²) in [6, 6.07) is 3.85. The topological polar surface area (TPSA) is 40.9 Å². The van der Waals surface area contributed by atoms with Crippen molar-refractivity contribution in [3.05, 3.63) is 32.6 Å². The molecule has 2 nitrogen and oxygen atoms in total. The van der Waals surface area contributed by atoms with Crippen LogP contribution in [-0.2, 0) is 0 Å². The molecule has 0 aliphatic carbocycles. The molecule has 1 rings (SSSR count). The van der Waals surface area contributed by atoms with Crippen molar-refractivity contribution in [2.45, 2.75) is 0 Å². The second-order valence-corrected chi connectivity index (χ2v) is 3.62. The molecule has 0 spiro atoms. The standard InChI is InChI=1S/C8H2ClFINO/c9-8(13)6-2-5(10)1-4(3-12)7(6)11/h1-2H. The smallest absolute Gasteiger partial charge is 0.253 e. The van der Waals surface area contributed by atoms with Crippen LogP contribution in [-0.4, -0.2) is 5.24 Å². The van der Waals surface area contributed by atoms with Crippen molar-refractivity contribution >= 4 is 39.4 Å². The number of rotatable bonds is 1. The molecular weight excluding hydrogens is 307 g/mol. The van der Waals surface area contributed by atoms with Gasteiger partial charge in [-0.2, -0.15) is 5.26 Å². The quantitative estimate of drug-likeness (QED) is 0.591. The number of carbonyl (C=O) groups is 1. The third-order valence-corrected chi connectivity index (χ3v) is 2.74. The predicted molar refractivity (Wildman–Crippen MR) is 54.0 cm³/mol. The lowest BCUT2D eigenvalue weighted by molar-refractivity contribution is 0.108. The molecule has 0 N–H and O–H groups in total. The van der Waals surface area contributed by atoms with Crippen LogP contribution in [0.4, 0.5) is 4.39 Å². The van der Waals surface area contributed by atoms with Gasteiger partial charge in [0.1, 0.15) is 11.9 Å². The molecule has 5 heteroatoms. The first-order chi connectivity index (χ1) is 6.06. The van der Waals surface area contributed by atoms with Gasteiger partial charge in [0.2, 0.25) is 0 Å². The van der Waals surface area contributed by atoms with Crippen molar-refractivity contribution in [2.75, 3.05) is 0 Å². The molecule has 0 unspecified atom stereocenters. The maximum atomic E-state index is 12.8. The molecule has 1 aromatic rings. The Hall–Kier alpha value is -0.670.